The number of methoxy groups -OCH3 is 1. The van der Waals surface area contributed by atoms with Crippen LogP contribution in [0.4, 0.5) is 10.7 Å². The molecule has 1 atom stereocenters. The zero-order valence-electron chi connectivity index (χ0n) is 13.5. The van der Waals surface area contributed by atoms with Gasteiger partial charge in [-0.25, -0.2) is 0 Å². The molecule has 0 saturated carbocycles. The number of hydrogen-bond donors (Lipinski definition) is 2. The Hall–Kier alpha value is -1.27. The lowest BCUT2D eigenvalue weighted by molar-refractivity contribution is 0.0992. The van der Waals surface area contributed by atoms with Gasteiger partial charge in [-0.2, -0.15) is 0 Å². The number of Topliss-reactive ketones (excluding diaryl/α,β-unsaturated/α-hetero) is 1. The first-order chi connectivity index (χ1) is 9.94. The third-order valence-electron chi connectivity index (χ3n) is 3.02. The lowest BCUT2D eigenvalue weighted by atomic mass is 10.2. The zero-order valence-corrected chi connectivity index (χ0v) is 14.3. The van der Waals surface area contributed by atoms with Crippen LogP contribution in [0, 0.1) is 0 Å². The summed E-state index contributed by atoms with van der Waals surface area (Å²) in [6.45, 7) is 8.38. The largest absolute Gasteiger partial charge is 0.486 e. The summed E-state index contributed by atoms with van der Waals surface area (Å²) in [7, 11) is 1.67. The molecular weight excluding hydrogens is 288 g/mol. The maximum absolute atomic E-state index is 12.0. The lowest BCUT2D eigenvalue weighted by Crippen LogP contribution is -2.23. The van der Waals surface area contributed by atoms with Gasteiger partial charge in [-0.05, 0) is 20.3 Å². The number of nitrogens with two attached hydrogens (primary N) is 1. The maximum atomic E-state index is 12.0. The Morgan fingerprint density at radius 1 is 1.38 bits per heavy atom. The number of nitrogen functional groups attached to an aromatic ring is 1. The molecule has 0 aliphatic carbocycles. The first kappa shape index (κ1) is 17.8. The number of hydrogen-bond acceptors (Lipinski definition) is 6. The average molecular weight is 314 g/mol. The van der Waals surface area contributed by atoms with Crippen molar-refractivity contribution in [2.45, 2.75) is 52.7 Å². The molecule has 1 heterocycles. The van der Waals surface area contributed by atoms with Gasteiger partial charge in [0.05, 0.1) is 29.3 Å². The topological polar surface area (TPSA) is 73.6 Å². The minimum absolute atomic E-state index is 0.00506. The summed E-state index contributed by atoms with van der Waals surface area (Å²) >= 11 is 1.36. The average Bonchev–Trinajstić information content (AvgIpc) is 2.74. The van der Waals surface area contributed by atoms with Crippen molar-refractivity contribution in [3.8, 4) is 5.75 Å². The highest BCUT2D eigenvalue weighted by atomic mass is 32.1. The van der Waals surface area contributed by atoms with Crippen LogP contribution in [0.3, 0.4) is 0 Å². The maximum Gasteiger partial charge on any atom is 0.177 e. The fourth-order valence-electron chi connectivity index (χ4n) is 1.89. The van der Waals surface area contributed by atoms with E-state index in [1.807, 2.05) is 20.8 Å². The van der Waals surface area contributed by atoms with E-state index in [2.05, 4.69) is 12.2 Å². The van der Waals surface area contributed by atoms with Crippen LogP contribution in [0.25, 0.3) is 0 Å². The zero-order chi connectivity index (χ0) is 16.0. The molecule has 0 radical (unpaired) electrons. The van der Waals surface area contributed by atoms with E-state index in [-0.39, 0.29) is 17.9 Å². The van der Waals surface area contributed by atoms with Gasteiger partial charge in [-0.15, -0.1) is 11.3 Å². The molecule has 0 aliphatic rings. The summed E-state index contributed by atoms with van der Waals surface area (Å²) in [4.78, 5) is 12.6. The molecule has 21 heavy (non-hydrogen) atoms. The van der Waals surface area contributed by atoms with E-state index >= 15 is 0 Å². The number of carbonyl (C=O) groups excluding carboxylic acids is 1. The van der Waals surface area contributed by atoms with E-state index in [9.17, 15) is 4.79 Å². The molecule has 1 unspecified atom stereocenters. The quantitative estimate of drug-likeness (QED) is 0.682. The predicted octanol–water partition coefficient (Wildman–Crippen LogP) is 3.55. The van der Waals surface area contributed by atoms with E-state index in [0.717, 1.165) is 11.4 Å². The smallest absolute Gasteiger partial charge is 0.177 e. The van der Waals surface area contributed by atoms with Gasteiger partial charge in [0.25, 0.3) is 0 Å². The molecule has 0 saturated heterocycles. The number of thiophene rings is 1. The van der Waals surface area contributed by atoms with Crippen molar-refractivity contribution < 1.29 is 14.3 Å². The van der Waals surface area contributed by atoms with E-state index in [1.54, 1.807) is 7.11 Å². The van der Waals surface area contributed by atoms with Crippen LogP contribution < -0.4 is 15.8 Å². The second-order valence-corrected chi connectivity index (χ2v) is 6.17. The second kappa shape index (κ2) is 8.24. The van der Waals surface area contributed by atoms with Crippen molar-refractivity contribution in [3.05, 3.63) is 4.88 Å². The molecule has 0 aliphatic heterocycles. The summed E-state index contributed by atoms with van der Waals surface area (Å²) < 4.78 is 11.0. The Bertz CT molecular complexity index is 472. The Morgan fingerprint density at radius 2 is 2.05 bits per heavy atom. The monoisotopic (exact) mass is 314 g/mol. The second-order valence-electron chi connectivity index (χ2n) is 5.15. The van der Waals surface area contributed by atoms with Gasteiger partial charge in [0.15, 0.2) is 11.5 Å². The molecule has 0 spiro atoms. The van der Waals surface area contributed by atoms with Gasteiger partial charge in [0.1, 0.15) is 5.00 Å². The number of carbonyl (C=O) groups is 1. The van der Waals surface area contributed by atoms with Crippen molar-refractivity contribution in [2.75, 3.05) is 24.8 Å². The van der Waals surface area contributed by atoms with Crippen molar-refractivity contribution in [1.29, 1.82) is 0 Å². The third kappa shape index (κ3) is 4.61. The van der Waals surface area contributed by atoms with E-state index in [1.165, 1.54) is 11.3 Å². The molecule has 0 amide bonds. The van der Waals surface area contributed by atoms with Crippen molar-refractivity contribution >= 4 is 27.8 Å². The third-order valence-corrected chi connectivity index (χ3v) is 4.18. The molecule has 5 nitrogen and oxygen atoms in total. The van der Waals surface area contributed by atoms with Crippen LogP contribution in [0.1, 0.15) is 50.2 Å². The first-order valence-corrected chi connectivity index (χ1v) is 8.13. The van der Waals surface area contributed by atoms with Crippen molar-refractivity contribution in [2.24, 2.45) is 0 Å². The van der Waals surface area contributed by atoms with Gasteiger partial charge in [0, 0.05) is 13.5 Å². The summed E-state index contributed by atoms with van der Waals surface area (Å²) in [5.74, 6) is 0.625. The summed E-state index contributed by atoms with van der Waals surface area (Å²) in [5.41, 5.74) is 6.55. The van der Waals surface area contributed by atoms with Gasteiger partial charge < -0.3 is 20.5 Å². The van der Waals surface area contributed by atoms with E-state index in [4.69, 9.17) is 15.2 Å². The fourth-order valence-corrected chi connectivity index (χ4v) is 3.03. The summed E-state index contributed by atoms with van der Waals surface area (Å²) in [6, 6.07) is 0.159. The molecule has 0 aromatic carbocycles. The molecule has 6 heteroatoms. The van der Waals surface area contributed by atoms with Crippen molar-refractivity contribution in [1.82, 2.24) is 0 Å². The van der Waals surface area contributed by atoms with Crippen molar-refractivity contribution in [3.63, 3.8) is 0 Å². The normalized spacial score (nSPS) is 12.5. The number of anilines is 2. The molecule has 1 aromatic rings. The molecule has 1 aromatic heterocycles. The first-order valence-electron chi connectivity index (χ1n) is 7.32. The summed E-state index contributed by atoms with van der Waals surface area (Å²) in [5, 5.41) is 4.19. The molecule has 3 N–H and O–H groups in total. The minimum atomic E-state index is -0.00506. The van der Waals surface area contributed by atoms with E-state index in [0.29, 0.717) is 29.3 Å². The van der Waals surface area contributed by atoms with Gasteiger partial charge in [0.2, 0.25) is 0 Å². The SMILES string of the molecule is CCC(=O)c1sc(NC(CC)COC)c(OC(C)C)c1N. The number of nitrogens with one attached hydrogen (secondary N) is 1. The lowest BCUT2D eigenvalue weighted by Gasteiger charge is -2.18. The molecule has 0 fully saturated rings. The van der Waals surface area contributed by atoms with E-state index < -0.39 is 0 Å². The molecule has 1 rings (SSSR count). The Labute approximate surface area is 130 Å². The molecule has 120 valence electrons. The summed E-state index contributed by atoms with van der Waals surface area (Å²) in [6.07, 6.45) is 1.33. The predicted molar refractivity (Wildman–Crippen MR) is 88.7 cm³/mol. The highest BCUT2D eigenvalue weighted by molar-refractivity contribution is 7.19. The van der Waals surface area contributed by atoms with Crippen LogP contribution >= 0.6 is 11.3 Å². The standard InChI is InChI=1S/C15H26N2O3S/c1-6-10(8-19-5)17-15-13(20-9(3)4)12(16)14(21-15)11(18)7-2/h9-10,17H,6-8,16H2,1-5H3. The fraction of sp³-hybridized carbons (Fsp3) is 0.667. The Morgan fingerprint density at radius 3 is 2.52 bits per heavy atom. The molecule has 0 bridgehead atoms. The number of ether oxygens (including phenoxy) is 2. The van der Waals surface area contributed by atoms with Crippen LogP contribution in [0.5, 0.6) is 5.75 Å². The van der Waals surface area contributed by atoms with Crippen LogP contribution in [0.15, 0.2) is 0 Å². The highest BCUT2D eigenvalue weighted by Crippen LogP contribution is 2.44. The van der Waals surface area contributed by atoms with Crippen LogP contribution in [-0.2, 0) is 4.74 Å². The molecular formula is C15H26N2O3S. The van der Waals surface area contributed by atoms with Gasteiger partial charge >= 0.3 is 0 Å². The van der Waals surface area contributed by atoms with Crippen LogP contribution in [0.2, 0.25) is 0 Å². The Balaban J connectivity index is 3.12. The number of ketones is 1. The Kier molecular flexibility index (Phi) is 6.98. The van der Waals surface area contributed by atoms with Gasteiger partial charge in [-0.3, -0.25) is 4.79 Å². The highest BCUT2D eigenvalue weighted by Gasteiger charge is 2.23. The van der Waals surface area contributed by atoms with Crippen LogP contribution in [-0.4, -0.2) is 31.6 Å². The number of rotatable bonds is 9. The van der Waals surface area contributed by atoms with Gasteiger partial charge in [-0.1, -0.05) is 13.8 Å². The minimum Gasteiger partial charge on any atom is -0.486 e.